The van der Waals surface area contributed by atoms with E-state index in [9.17, 15) is 0 Å². The summed E-state index contributed by atoms with van der Waals surface area (Å²) in [5.41, 5.74) is 0. The second-order valence-corrected chi connectivity index (χ2v) is 4.37. The molecule has 0 aliphatic carbocycles. The number of nitrogens with one attached hydrogen (secondary N) is 2. The predicted octanol–water partition coefficient (Wildman–Crippen LogP) is -0.128. The Morgan fingerprint density at radius 3 is 3.06 bits per heavy atom. The highest BCUT2D eigenvalue weighted by Crippen LogP contribution is 2.01. The lowest BCUT2D eigenvalue weighted by Crippen LogP contribution is -2.48. The number of nitrogens with zero attached hydrogens (tertiary/aromatic N) is 2. The Hall–Kier alpha value is -0.0800. The number of halogens is 1. The van der Waals surface area contributed by atoms with Gasteiger partial charge < -0.3 is 20.3 Å². The first-order valence-corrected chi connectivity index (χ1v) is 5.59. The highest BCUT2D eigenvalue weighted by atomic mass is 127. The zero-order valence-corrected chi connectivity index (χ0v) is 12.2. The van der Waals surface area contributed by atoms with E-state index >= 15 is 0 Å². The molecule has 2 unspecified atom stereocenters. The number of rotatable bonds is 2. The molecule has 0 aromatic rings. The third kappa shape index (κ3) is 4.06. The minimum absolute atomic E-state index is 0. The van der Waals surface area contributed by atoms with Crippen molar-refractivity contribution in [2.24, 2.45) is 4.99 Å². The van der Waals surface area contributed by atoms with Crippen LogP contribution in [0.1, 0.15) is 6.92 Å². The molecule has 6 heteroatoms. The number of likely N-dealkylation sites (N-methyl/N-ethyl adjacent to an activating group) is 1. The standard InChI is InChI=1S/C10H20N4O.HI/c1-8-5-11-10(13-8)12-6-9-7-14(2)3-4-15-9;/h8-9H,3-7H2,1-2H3,(H2,11,12,13);1H. The maximum absolute atomic E-state index is 5.65. The van der Waals surface area contributed by atoms with Crippen LogP contribution >= 0.6 is 24.0 Å². The van der Waals surface area contributed by atoms with Gasteiger partial charge in [0.25, 0.3) is 0 Å². The molecule has 0 aromatic carbocycles. The fraction of sp³-hybridized carbons (Fsp3) is 0.900. The lowest BCUT2D eigenvalue weighted by molar-refractivity contribution is -0.0160. The van der Waals surface area contributed by atoms with Gasteiger partial charge >= 0.3 is 0 Å². The van der Waals surface area contributed by atoms with Crippen LogP contribution in [-0.2, 0) is 4.74 Å². The van der Waals surface area contributed by atoms with Gasteiger partial charge in [0, 0.05) is 25.7 Å². The van der Waals surface area contributed by atoms with Crippen molar-refractivity contribution in [1.29, 1.82) is 0 Å². The van der Waals surface area contributed by atoms with Gasteiger partial charge in [0.1, 0.15) is 0 Å². The quantitative estimate of drug-likeness (QED) is 0.688. The first kappa shape index (κ1) is 14.0. The van der Waals surface area contributed by atoms with Crippen LogP contribution in [0, 0.1) is 0 Å². The van der Waals surface area contributed by atoms with Crippen molar-refractivity contribution in [3.8, 4) is 0 Å². The van der Waals surface area contributed by atoms with E-state index in [1.54, 1.807) is 0 Å². The van der Waals surface area contributed by atoms with Gasteiger partial charge in [0.15, 0.2) is 5.96 Å². The van der Waals surface area contributed by atoms with Gasteiger partial charge in [-0.15, -0.1) is 24.0 Å². The van der Waals surface area contributed by atoms with E-state index in [4.69, 9.17) is 4.74 Å². The Kier molecular flexibility index (Phi) is 5.77. The predicted molar refractivity (Wildman–Crippen MR) is 75.6 cm³/mol. The molecular weight excluding hydrogens is 319 g/mol. The number of aliphatic imine (C=N–C) groups is 1. The molecule has 94 valence electrons. The van der Waals surface area contributed by atoms with Crippen LogP contribution in [0.3, 0.4) is 0 Å². The Bertz CT molecular complexity index is 249. The molecule has 1 saturated heterocycles. The summed E-state index contributed by atoms with van der Waals surface area (Å²) in [4.78, 5) is 6.64. The molecule has 0 spiro atoms. The molecule has 5 nitrogen and oxygen atoms in total. The van der Waals surface area contributed by atoms with Crippen LogP contribution in [0.2, 0.25) is 0 Å². The fourth-order valence-corrected chi connectivity index (χ4v) is 1.86. The number of ether oxygens (including phenoxy) is 1. The third-order valence-corrected chi connectivity index (χ3v) is 2.75. The molecule has 2 N–H and O–H groups in total. The minimum atomic E-state index is 0. The molecule has 0 amide bonds. The first-order chi connectivity index (χ1) is 7.24. The molecule has 2 rings (SSSR count). The second-order valence-electron chi connectivity index (χ2n) is 4.37. The van der Waals surface area contributed by atoms with E-state index in [0.29, 0.717) is 6.04 Å². The van der Waals surface area contributed by atoms with Crippen molar-refractivity contribution in [3.63, 3.8) is 0 Å². The van der Waals surface area contributed by atoms with E-state index in [0.717, 1.165) is 38.7 Å². The summed E-state index contributed by atoms with van der Waals surface area (Å²) in [5, 5.41) is 6.56. The average molecular weight is 340 g/mol. The van der Waals surface area contributed by atoms with E-state index in [1.807, 2.05) is 0 Å². The molecule has 0 bridgehead atoms. The SMILES string of the molecule is CC1CN=C(NCC2CN(C)CCO2)N1.I. The van der Waals surface area contributed by atoms with Crippen molar-refractivity contribution in [2.45, 2.75) is 19.1 Å². The molecule has 2 aliphatic heterocycles. The van der Waals surface area contributed by atoms with Crippen LogP contribution in [0.25, 0.3) is 0 Å². The summed E-state index contributed by atoms with van der Waals surface area (Å²) in [7, 11) is 2.13. The smallest absolute Gasteiger partial charge is 0.191 e. The Morgan fingerprint density at radius 2 is 2.44 bits per heavy atom. The normalized spacial score (nSPS) is 30.2. The summed E-state index contributed by atoms with van der Waals surface area (Å²) < 4.78 is 5.65. The van der Waals surface area contributed by atoms with Crippen molar-refractivity contribution in [3.05, 3.63) is 0 Å². The summed E-state index contributed by atoms with van der Waals surface area (Å²) in [6.07, 6.45) is 0.282. The van der Waals surface area contributed by atoms with Gasteiger partial charge in [-0.25, -0.2) is 0 Å². The molecule has 2 aliphatic rings. The van der Waals surface area contributed by atoms with Crippen molar-refractivity contribution >= 4 is 29.9 Å². The highest BCUT2D eigenvalue weighted by molar-refractivity contribution is 14.0. The summed E-state index contributed by atoms with van der Waals surface area (Å²) >= 11 is 0. The molecule has 2 heterocycles. The zero-order chi connectivity index (χ0) is 10.7. The van der Waals surface area contributed by atoms with Crippen LogP contribution in [-0.4, -0.2) is 62.8 Å². The Balaban J connectivity index is 0.00000128. The van der Waals surface area contributed by atoms with E-state index < -0.39 is 0 Å². The molecular formula is C10H21IN4O. The van der Waals surface area contributed by atoms with Crippen molar-refractivity contribution in [2.75, 3.05) is 39.8 Å². The molecule has 0 aromatic heterocycles. The monoisotopic (exact) mass is 340 g/mol. The number of morpholine rings is 1. The molecule has 0 saturated carbocycles. The highest BCUT2D eigenvalue weighted by Gasteiger charge is 2.19. The fourth-order valence-electron chi connectivity index (χ4n) is 1.86. The average Bonchev–Trinajstić information content (AvgIpc) is 2.62. The summed E-state index contributed by atoms with van der Waals surface area (Å²) in [5.74, 6) is 0.916. The molecule has 0 radical (unpaired) electrons. The van der Waals surface area contributed by atoms with Crippen molar-refractivity contribution in [1.82, 2.24) is 15.5 Å². The molecule has 1 fully saturated rings. The maximum atomic E-state index is 5.65. The number of hydrogen-bond donors (Lipinski definition) is 2. The van der Waals surface area contributed by atoms with E-state index in [-0.39, 0.29) is 30.1 Å². The first-order valence-electron chi connectivity index (χ1n) is 5.59. The van der Waals surface area contributed by atoms with Gasteiger partial charge in [-0.2, -0.15) is 0 Å². The second kappa shape index (κ2) is 6.61. The van der Waals surface area contributed by atoms with Gasteiger partial charge in [0.05, 0.1) is 19.3 Å². The largest absolute Gasteiger partial charge is 0.374 e. The minimum Gasteiger partial charge on any atom is -0.374 e. The number of hydrogen-bond acceptors (Lipinski definition) is 5. The number of guanidine groups is 1. The van der Waals surface area contributed by atoms with Crippen molar-refractivity contribution < 1.29 is 4.74 Å². The maximum Gasteiger partial charge on any atom is 0.191 e. The van der Waals surface area contributed by atoms with Crippen LogP contribution in [0.15, 0.2) is 4.99 Å². The topological polar surface area (TPSA) is 48.9 Å². The summed E-state index contributed by atoms with van der Waals surface area (Å²) in [6.45, 7) is 6.70. The Labute approximate surface area is 114 Å². The van der Waals surface area contributed by atoms with Gasteiger partial charge in [-0.3, -0.25) is 4.99 Å². The Morgan fingerprint density at radius 1 is 1.62 bits per heavy atom. The lowest BCUT2D eigenvalue weighted by atomic mass is 10.3. The lowest BCUT2D eigenvalue weighted by Gasteiger charge is -2.30. The van der Waals surface area contributed by atoms with Gasteiger partial charge in [0.2, 0.25) is 0 Å². The van der Waals surface area contributed by atoms with Gasteiger partial charge in [-0.05, 0) is 14.0 Å². The molecule has 16 heavy (non-hydrogen) atoms. The molecule has 2 atom stereocenters. The van der Waals surface area contributed by atoms with Crippen LogP contribution < -0.4 is 10.6 Å². The third-order valence-electron chi connectivity index (χ3n) is 2.75. The van der Waals surface area contributed by atoms with Gasteiger partial charge in [-0.1, -0.05) is 0 Å². The van der Waals surface area contributed by atoms with Crippen LogP contribution in [0.4, 0.5) is 0 Å². The zero-order valence-electron chi connectivity index (χ0n) is 9.90. The van der Waals surface area contributed by atoms with E-state index in [2.05, 4.69) is 34.5 Å². The van der Waals surface area contributed by atoms with E-state index in [1.165, 1.54) is 0 Å². The van der Waals surface area contributed by atoms with Crippen LogP contribution in [0.5, 0.6) is 0 Å². The summed E-state index contributed by atoms with van der Waals surface area (Å²) in [6, 6.07) is 0.461.